The van der Waals surface area contributed by atoms with Gasteiger partial charge in [-0.2, -0.15) is 0 Å². The van der Waals surface area contributed by atoms with Crippen molar-refractivity contribution in [2.75, 3.05) is 25.5 Å². The van der Waals surface area contributed by atoms with Gasteiger partial charge in [0, 0.05) is 12.2 Å². The third kappa shape index (κ3) is 8.84. The van der Waals surface area contributed by atoms with E-state index in [1.165, 1.54) is 17.0 Å². The number of methoxy groups -OCH3 is 1. The van der Waals surface area contributed by atoms with Crippen LogP contribution in [0.25, 0.3) is 0 Å². The Morgan fingerprint density at radius 2 is 1.77 bits per heavy atom. The number of hydrogen-bond donors (Lipinski definition) is 3. The number of anilines is 1. The molecule has 3 N–H and O–H groups in total. The van der Waals surface area contributed by atoms with Gasteiger partial charge in [-0.05, 0) is 69.2 Å². The number of rotatable bonds is 10. The molecule has 2 rings (SSSR count). The number of nitrogens with zero attached hydrogens (tertiary/aromatic N) is 1. The zero-order valence-corrected chi connectivity index (χ0v) is 21.0. The van der Waals surface area contributed by atoms with Crippen LogP contribution in [-0.4, -0.2) is 53.7 Å². The van der Waals surface area contributed by atoms with Gasteiger partial charge < -0.3 is 30.1 Å². The molecular weight excluding hydrogens is 450 g/mol. The number of ether oxygens (including phenoxy) is 2. The first-order valence-corrected chi connectivity index (χ1v) is 11.5. The van der Waals surface area contributed by atoms with E-state index in [0.29, 0.717) is 23.4 Å². The molecule has 3 amide bonds. The Hall–Kier alpha value is -3.75. The molecule has 1 atom stereocenters. The van der Waals surface area contributed by atoms with Gasteiger partial charge >= 0.3 is 6.09 Å². The molecule has 0 aliphatic heterocycles. The second-order valence-corrected chi connectivity index (χ2v) is 9.01. The molecule has 190 valence electrons. The van der Waals surface area contributed by atoms with Crippen molar-refractivity contribution in [3.63, 3.8) is 0 Å². The van der Waals surface area contributed by atoms with Gasteiger partial charge in [0.1, 0.15) is 29.7 Å². The molecule has 0 aliphatic rings. The smallest absolute Gasteiger partial charge is 0.408 e. The SMILES string of the molecule is CCCCN(C(=O)CNC(=O)OC(C)(C)C)C(C(=O)Nc1ccc(OC)cc1)c1cccc(O)c1. The Balaban J connectivity index is 2.33. The molecule has 0 saturated heterocycles. The monoisotopic (exact) mass is 485 g/mol. The van der Waals surface area contributed by atoms with Gasteiger partial charge in [-0.15, -0.1) is 0 Å². The van der Waals surface area contributed by atoms with Crippen LogP contribution in [0, 0.1) is 0 Å². The first kappa shape index (κ1) is 27.5. The molecule has 35 heavy (non-hydrogen) atoms. The van der Waals surface area contributed by atoms with Crippen molar-refractivity contribution in [2.45, 2.75) is 52.2 Å². The number of benzene rings is 2. The molecule has 0 fully saturated rings. The van der Waals surface area contributed by atoms with Gasteiger partial charge in [0.25, 0.3) is 5.91 Å². The quantitative estimate of drug-likeness (QED) is 0.464. The van der Waals surface area contributed by atoms with E-state index in [-0.39, 0.29) is 18.8 Å². The molecular formula is C26H35N3O6. The number of alkyl carbamates (subject to hydrolysis) is 1. The molecule has 2 aromatic rings. The summed E-state index contributed by atoms with van der Waals surface area (Å²) in [5.74, 6) is -0.301. The van der Waals surface area contributed by atoms with Gasteiger partial charge in [0.15, 0.2) is 0 Å². The fraction of sp³-hybridized carbons (Fsp3) is 0.423. The summed E-state index contributed by atoms with van der Waals surface area (Å²) in [6.45, 7) is 7.09. The van der Waals surface area contributed by atoms with Crippen molar-refractivity contribution in [2.24, 2.45) is 0 Å². The van der Waals surface area contributed by atoms with E-state index in [1.54, 1.807) is 64.3 Å². The maximum atomic E-state index is 13.5. The largest absolute Gasteiger partial charge is 0.508 e. The van der Waals surface area contributed by atoms with Crippen molar-refractivity contribution >= 4 is 23.6 Å². The van der Waals surface area contributed by atoms with Gasteiger partial charge in [0.2, 0.25) is 5.91 Å². The van der Waals surface area contributed by atoms with Crippen LogP contribution in [0.2, 0.25) is 0 Å². The highest BCUT2D eigenvalue weighted by Gasteiger charge is 2.32. The van der Waals surface area contributed by atoms with Crippen molar-refractivity contribution in [1.82, 2.24) is 10.2 Å². The number of hydrogen-bond acceptors (Lipinski definition) is 6. The van der Waals surface area contributed by atoms with E-state index in [2.05, 4.69) is 10.6 Å². The Kier molecular flexibility index (Phi) is 9.93. The third-order valence-electron chi connectivity index (χ3n) is 4.96. The maximum absolute atomic E-state index is 13.5. The third-order valence-corrected chi connectivity index (χ3v) is 4.96. The lowest BCUT2D eigenvalue weighted by Gasteiger charge is -2.32. The van der Waals surface area contributed by atoms with Crippen LogP contribution in [0.3, 0.4) is 0 Å². The molecule has 9 nitrogen and oxygen atoms in total. The highest BCUT2D eigenvalue weighted by atomic mass is 16.6. The summed E-state index contributed by atoms with van der Waals surface area (Å²) >= 11 is 0. The molecule has 0 aromatic heterocycles. The van der Waals surface area contributed by atoms with Crippen LogP contribution >= 0.6 is 0 Å². The van der Waals surface area contributed by atoms with Gasteiger partial charge in [-0.25, -0.2) is 4.79 Å². The van der Waals surface area contributed by atoms with Crippen LogP contribution in [0.4, 0.5) is 10.5 Å². The fourth-order valence-corrected chi connectivity index (χ4v) is 3.34. The van der Waals surface area contributed by atoms with Crippen molar-refractivity contribution in [3.05, 3.63) is 54.1 Å². The Morgan fingerprint density at radius 1 is 1.09 bits per heavy atom. The molecule has 0 radical (unpaired) electrons. The predicted octanol–water partition coefficient (Wildman–Crippen LogP) is 4.23. The van der Waals surface area contributed by atoms with Crippen LogP contribution in [0.1, 0.15) is 52.1 Å². The highest BCUT2D eigenvalue weighted by Crippen LogP contribution is 2.27. The van der Waals surface area contributed by atoms with E-state index in [9.17, 15) is 19.5 Å². The molecule has 0 spiro atoms. The van der Waals surface area contributed by atoms with Crippen molar-refractivity contribution < 1.29 is 29.0 Å². The minimum absolute atomic E-state index is 0.0282. The highest BCUT2D eigenvalue weighted by molar-refractivity contribution is 5.98. The summed E-state index contributed by atoms with van der Waals surface area (Å²) in [7, 11) is 1.55. The van der Waals surface area contributed by atoms with E-state index < -0.39 is 29.6 Å². The standard InChI is InChI=1S/C26H35N3O6/c1-6-7-15-29(22(31)17-27-25(33)35-26(2,3)4)23(18-9-8-10-20(30)16-18)24(32)28-19-11-13-21(34-5)14-12-19/h8-14,16,23,30H,6-7,15,17H2,1-5H3,(H,27,33)(H,28,32). The summed E-state index contributed by atoms with van der Waals surface area (Å²) in [5, 5.41) is 15.4. The molecule has 9 heteroatoms. The Bertz CT molecular complexity index is 1000. The zero-order chi connectivity index (χ0) is 26.0. The minimum atomic E-state index is -1.04. The lowest BCUT2D eigenvalue weighted by atomic mass is 10.0. The second-order valence-electron chi connectivity index (χ2n) is 9.01. The summed E-state index contributed by atoms with van der Waals surface area (Å²) in [5.41, 5.74) is 0.255. The van der Waals surface area contributed by atoms with Gasteiger partial charge in [-0.3, -0.25) is 9.59 Å². The average Bonchev–Trinajstić information content (AvgIpc) is 2.79. The number of carbonyl (C=O) groups excluding carboxylic acids is 3. The number of phenolic OH excluding ortho intramolecular Hbond substituents is 1. The van der Waals surface area contributed by atoms with Crippen molar-refractivity contribution in [3.8, 4) is 11.5 Å². The van der Waals surface area contributed by atoms with E-state index in [0.717, 1.165) is 6.42 Å². The number of aromatic hydroxyl groups is 1. The normalized spacial score (nSPS) is 11.8. The van der Waals surface area contributed by atoms with Crippen molar-refractivity contribution in [1.29, 1.82) is 0 Å². The lowest BCUT2D eigenvalue weighted by Crippen LogP contribution is -2.46. The van der Waals surface area contributed by atoms with Gasteiger partial charge in [0.05, 0.1) is 7.11 Å². The molecule has 0 saturated carbocycles. The number of phenols is 1. The molecule has 0 bridgehead atoms. The molecule has 2 aromatic carbocycles. The zero-order valence-electron chi connectivity index (χ0n) is 21.0. The van der Waals surface area contributed by atoms with Crippen LogP contribution < -0.4 is 15.4 Å². The molecule has 1 unspecified atom stereocenters. The topological polar surface area (TPSA) is 117 Å². The minimum Gasteiger partial charge on any atom is -0.508 e. The Morgan fingerprint density at radius 3 is 2.34 bits per heavy atom. The number of unbranched alkanes of at least 4 members (excludes halogenated alkanes) is 1. The first-order chi connectivity index (χ1) is 16.5. The average molecular weight is 486 g/mol. The lowest BCUT2D eigenvalue weighted by molar-refractivity contribution is -0.138. The summed E-state index contributed by atoms with van der Waals surface area (Å²) in [6.07, 6.45) is 0.706. The van der Waals surface area contributed by atoms with Crippen LogP contribution in [0.15, 0.2) is 48.5 Å². The second kappa shape index (κ2) is 12.6. The maximum Gasteiger partial charge on any atom is 0.408 e. The van der Waals surface area contributed by atoms with E-state index in [1.807, 2.05) is 6.92 Å². The summed E-state index contributed by atoms with van der Waals surface area (Å²) < 4.78 is 10.4. The number of carbonyl (C=O) groups is 3. The predicted molar refractivity (Wildman–Crippen MR) is 133 cm³/mol. The van der Waals surface area contributed by atoms with E-state index in [4.69, 9.17) is 9.47 Å². The van der Waals surface area contributed by atoms with Crippen LogP contribution in [0.5, 0.6) is 11.5 Å². The van der Waals surface area contributed by atoms with Crippen LogP contribution in [-0.2, 0) is 14.3 Å². The fourth-order valence-electron chi connectivity index (χ4n) is 3.34. The molecule has 0 aliphatic carbocycles. The molecule has 0 heterocycles. The first-order valence-electron chi connectivity index (χ1n) is 11.5. The summed E-state index contributed by atoms with van der Waals surface area (Å²) in [6, 6.07) is 12.0. The number of amides is 3. The van der Waals surface area contributed by atoms with Gasteiger partial charge in [-0.1, -0.05) is 25.5 Å². The number of nitrogens with one attached hydrogen (secondary N) is 2. The summed E-state index contributed by atoms with van der Waals surface area (Å²) in [4.78, 5) is 40.2. The Labute approximate surface area is 206 Å². The van der Waals surface area contributed by atoms with E-state index >= 15 is 0 Å².